The van der Waals surface area contributed by atoms with Gasteiger partial charge in [0.1, 0.15) is 23.0 Å². The molecular formula is C33H29NO5. The molecule has 5 rings (SSSR count). The number of nitrogens with zero attached hydrogens (tertiary/aromatic N) is 1. The van der Waals surface area contributed by atoms with E-state index in [0.717, 1.165) is 5.56 Å². The van der Waals surface area contributed by atoms with Crippen LogP contribution in [0, 0.1) is 6.92 Å². The Kier molecular flexibility index (Phi) is 7.19. The molecule has 1 aliphatic heterocycles. The van der Waals surface area contributed by atoms with Gasteiger partial charge in [-0.15, -0.1) is 0 Å². The maximum atomic E-state index is 13.5. The lowest BCUT2D eigenvalue weighted by Gasteiger charge is -2.26. The minimum Gasteiger partial charge on any atom is -0.507 e. The summed E-state index contributed by atoms with van der Waals surface area (Å²) in [5, 5.41) is 11.5. The molecule has 1 heterocycles. The Labute approximate surface area is 227 Å². The third kappa shape index (κ3) is 5.41. The molecule has 6 heteroatoms. The van der Waals surface area contributed by atoms with Gasteiger partial charge in [0.2, 0.25) is 0 Å². The molecule has 1 atom stereocenters. The van der Waals surface area contributed by atoms with Gasteiger partial charge < -0.3 is 14.6 Å². The quantitative estimate of drug-likeness (QED) is 0.159. The van der Waals surface area contributed by atoms with E-state index in [1.54, 1.807) is 54.6 Å². The molecule has 4 aromatic carbocycles. The van der Waals surface area contributed by atoms with Gasteiger partial charge in [-0.3, -0.25) is 14.5 Å². The maximum Gasteiger partial charge on any atom is 0.300 e. The first kappa shape index (κ1) is 25.8. The number of benzene rings is 4. The lowest BCUT2D eigenvalue weighted by atomic mass is 9.95. The molecule has 6 nitrogen and oxygen atoms in total. The summed E-state index contributed by atoms with van der Waals surface area (Å²) in [6.07, 6.45) is -0.0677. The molecule has 0 radical (unpaired) electrons. The molecule has 1 unspecified atom stereocenters. The van der Waals surface area contributed by atoms with Gasteiger partial charge in [-0.25, -0.2) is 0 Å². The van der Waals surface area contributed by atoms with Crippen LogP contribution in [0.5, 0.6) is 17.2 Å². The first-order valence-electron chi connectivity index (χ1n) is 12.8. The Hall–Kier alpha value is -4.84. The van der Waals surface area contributed by atoms with Crippen molar-refractivity contribution in [2.75, 3.05) is 4.90 Å². The van der Waals surface area contributed by atoms with E-state index < -0.39 is 17.7 Å². The number of aliphatic hydroxyl groups excluding tert-OH is 1. The fraction of sp³-hybridized carbons (Fsp3) is 0.152. The number of aryl methyl sites for hydroxylation is 1. The zero-order chi connectivity index (χ0) is 27.5. The number of Topliss-reactive ketones (excluding diaryl/α,β-unsaturated/α-hetero) is 1. The first-order chi connectivity index (χ1) is 18.8. The number of ether oxygens (including phenoxy) is 2. The molecule has 0 saturated carbocycles. The summed E-state index contributed by atoms with van der Waals surface area (Å²) in [6, 6.07) is 29.9. The molecule has 0 spiro atoms. The number of hydrogen-bond donors (Lipinski definition) is 1. The van der Waals surface area contributed by atoms with Crippen molar-refractivity contribution >= 4 is 23.1 Å². The molecule has 0 bridgehead atoms. The molecular weight excluding hydrogens is 490 g/mol. The van der Waals surface area contributed by atoms with Crippen LogP contribution in [0.2, 0.25) is 0 Å². The maximum absolute atomic E-state index is 13.5. The largest absolute Gasteiger partial charge is 0.507 e. The van der Waals surface area contributed by atoms with E-state index in [-0.39, 0.29) is 17.4 Å². The number of rotatable bonds is 7. The molecule has 1 saturated heterocycles. The van der Waals surface area contributed by atoms with Gasteiger partial charge in [-0.05, 0) is 74.9 Å². The van der Waals surface area contributed by atoms with Gasteiger partial charge in [-0.1, -0.05) is 60.2 Å². The monoisotopic (exact) mass is 519 g/mol. The number of anilines is 1. The number of para-hydroxylation sites is 1. The van der Waals surface area contributed by atoms with Crippen molar-refractivity contribution in [1.82, 2.24) is 0 Å². The zero-order valence-corrected chi connectivity index (χ0v) is 22.0. The second-order valence-corrected chi connectivity index (χ2v) is 9.69. The van der Waals surface area contributed by atoms with Gasteiger partial charge in [0.15, 0.2) is 0 Å². The van der Waals surface area contributed by atoms with E-state index >= 15 is 0 Å². The van der Waals surface area contributed by atoms with Crippen LogP contribution in [0.4, 0.5) is 5.69 Å². The Morgan fingerprint density at radius 1 is 0.795 bits per heavy atom. The van der Waals surface area contributed by atoms with Crippen molar-refractivity contribution in [3.8, 4) is 17.2 Å². The predicted octanol–water partition coefficient (Wildman–Crippen LogP) is 7.20. The van der Waals surface area contributed by atoms with Gasteiger partial charge in [-0.2, -0.15) is 0 Å². The van der Waals surface area contributed by atoms with Crippen LogP contribution in [0.1, 0.15) is 36.6 Å². The topological polar surface area (TPSA) is 76.1 Å². The van der Waals surface area contributed by atoms with E-state index in [4.69, 9.17) is 9.47 Å². The highest BCUT2D eigenvalue weighted by molar-refractivity contribution is 6.51. The van der Waals surface area contributed by atoms with Crippen molar-refractivity contribution in [2.45, 2.75) is 32.9 Å². The lowest BCUT2D eigenvalue weighted by molar-refractivity contribution is -0.132. The summed E-state index contributed by atoms with van der Waals surface area (Å²) in [7, 11) is 0. The smallest absolute Gasteiger partial charge is 0.300 e. The van der Waals surface area contributed by atoms with Gasteiger partial charge in [0, 0.05) is 11.3 Å². The third-order valence-corrected chi connectivity index (χ3v) is 6.39. The molecule has 39 heavy (non-hydrogen) atoms. The van der Waals surface area contributed by atoms with Crippen LogP contribution in [0.25, 0.3) is 5.76 Å². The normalized spacial score (nSPS) is 16.5. The summed E-state index contributed by atoms with van der Waals surface area (Å²) in [6.45, 7) is 5.76. The predicted molar refractivity (Wildman–Crippen MR) is 151 cm³/mol. The van der Waals surface area contributed by atoms with E-state index in [9.17, 15) is 14.7 Å². The molecule has 1 N–H and O–H groups in total. The number of carbonyl (C=O) groups is 2. The number of amides is 1. The van der Waals surface area contributed by atoms with Gasteiger partial charge in [0.05, 0.1) is 17.7 Å². The fourth-order valence-corrected chi connectivity index (χ4v) is 4.64. The molecule has 0 aliphatic carbocycles. The average molecular weight is 520 g/mol. The highest BCUT2D eigenvalue weighted by atomic mass is 16.5. The van der Waals surface area contributed by atoms with E-state index in [0.29, 0.717) is 34.1 Å². The highest BCUT2D eigenvalue weighted by Crippen LogP contribution is 2.43. The van der Waals surface area contributed by atoms with E-state index in [1.807, 2.05) is 69.3 Å². The first-order valence-corrected chi connectivity index (χ1v) is 12.8. The Morgan fingerprint density at radius 2 is 1.46 bits per heavy atom. The summed E-state index contributed by atoms with van der Waals surface area (Å²) < 4.78 is 11.8. The zero-order valence-electron chi connectivity index (χ0n) is 22.0. The molecule has 0 aromatic heterocycles. The SMILES string of the molecule is Cc1ccc(N2C(=O)C(=O)/C(=C(\O)c3cccc(OC(C)C)c3)C2c2cccc(Oc3ccccc3)c2)cc1. The molecule has 1 fully saturated rings. The second kappa shape index (κ2) is 10.9. The summed E-state index contributed by atoms with van der Waals surface area (Å²) in [5.74, 6) is 0.00916. The molecule has 1 amide bonds. The average Bonchev–Trinajstić information content (AvgIpc) is 3.19. The summed E-state index contributed by atoms with van der Waals surface area (Å²) in [5.41, 5.74) is 2.58. The fourth-order valence-electron chi connectivity index (χ4n) is 4.64. The van der Waals surface area contributed by atoms with Crippen LogP contribution in [0.3, 0.4) is 0 Å². The summed E-state index contributed by atoms with van der Waals surface area (Å²) in [4.78, 5) is 28.4. The lowest BCUT2D eigenvalue weighted by Crippen LogP contribution is -2.29. The number of hydrogen-bond acceptors (Lipinski definition) is 5. The van der Waals surface area contributed by atoms with Crippen molar-refractivity contribution in [3.05, 3.63) is 125 Å². The number of aliphatic hydroxyl groups is 1. The third-order valence-electron chi connectivity index (χ3n) is 6.39. The molecule has 1 aliphatic rings. The van der Waals surface area contributed by atoms with Crippen molar-refractivity contribution in [1.29, 1.82) is 0 Å². The number of ketones is 1. The molecule has 4 aromatic rings. The van der Waals surface area contributed by atoms with Gasteiger partial charge >= 0.3 is 0 Å². The Balaban J connectivity index is 1.65. The van der Waals surface area contributed by atoms with Crippen LogP contribution in [-0.2, 0) is 9.59 Å². The molecule has 196 valence electrons. The van der Waals surface area contributed by atoms with Crippen LogP contribution < -0.4 is 14.4 Å². The minimum absolute atomic E-state index is 0.000803. The van der Waals surface area contributed by atoms with Crippen molar-refractivity contribution in [2.24, 2.45) is 0 Å². The summed E-state index contributed by atoms with van der Waals surface area (Å²) >= 11 is 0. The standard InChI is InChI=1S/C33H29NO5/c1-21(2)38-27-13-8-10-24(20-27)31(35)29-30(34(33(37)32(29)36)25-17-15-22(3)16-18-25)23-9-7-14-28(19-23)39-26-11-5-4-6-12-26/h4-21,30,35H,1-3H3/b31-29-. The highest BCUT2D eigenvalue weighted by Gasteiger charge is 2.47. The number of carbonyl (C=O) groups excluding carboxylic acids is 2. The van der Waals surface area contributed by atoms with Crippen molar-refractivity contribution in [3.63, 3.8) is 0 Å². The second-order valence-electron chi connectivity index (χ2n) is 9.69. The van der Waals surface area contributed by atoms with Crippen LogP contribution in [0.15, 0.2) is 109 Å². The van der Waals surface area contributed by atoms with Crippen LogP contribution in [-0.4, -0.2) is 22.9 Å². The van der Waals surface area contributed by atoms with E-state index in [1.165, 1.54) is 4.90 Å². The van der Waals surface area contributed by atoms with Crippen LogP contribution >= 0.6 is 0 Å². The Bertz CT molecular complexity index is 1540. The van der Waals surface area contributed by atoms with Crippen molar-refractivity contribution < 1.29 is 24.2 Å². The van der Waals surface area contributed by atoms with Gasteiger partial charge in [0.25, 0.3) is 11.7 Å². The Morgan fingerprint density at radius 3 is 2.18 bits per heavy atom. The van der Waals surface area contributed by atoms with E-state index in [2.05, 4.69) is 0 Å². The minimum atomic E-state index is -0.873.